The fourth-order valence-electron chi connectivity index (χ4n) is 2.14. The van der Waals surface area contributed by atoms with Crippen LogP contribution in [-0.2, 0) is 6.18 Å². The van der Waals surface area contributed by atoms with Crippen LogP contribution in [0.4, 0.5) is 13.2 Å². The summed E-state index contributed by atoms with van der Waals surface area (Å²) in [6.07, 6.45) is -1.92. The Hall–Kier alpha value is -2.28. The van der Waals surface area contributed by atoms with Gasteiger partial charge in [-0.3, -0.25) is 4.98 Å². The highest BCUT2D eigenvalue weighted by Crippen LogP contribution is 2.36. The average Bonchev–Trinajstić information content (AvgIpc) is 2.96. The Bertz CT molecular complexity index is 845. The van der Waals surface area contributed by atoms with E-state index in [4.69, 9.17) is 16.3 Å². The van der Waals surface area contributed by atoms with Crippen LogP contribution in [-0.4, -0.2) is 21.9 Å². The first kappa shape index (κ1) is 14.6. The Labute approximate surface area is 128 Å². The molecule has 0 fully saturated rings. The molecule has 8 heteroatoms. The fraction of sp³-hybridized carbons (Fsp3) is 0.143. The molecule has 3 aromatic rings. The molecule has 0 aliphatic carbocycles. The third kappa shape index (κ3) is 2.37. The normalized spacial score (nSPS) is 11.9. The molecule has 3 rings (SSSR count). The summed E-state index contributed by atoms with van der Waals surface area (Å²) >= 11 is 6.15. The molecule has 0 N–H and O–H groups in total. The average molecular weight is 328 g/mol. The molecule has 0 amide bonds. The van der Waals surface area contributed by atoms with E-state index in [9.17, 15) is 13.2 Å². The summed E-state index contributed by atoms with van der Waals surface area (Å²) in [5.74, 6) is 0.312. The van der Waals surface area contributed by atoms with Crippen LogP contribution in [0, 0.1) is 0 Å². The highest BCUT2D eigenvalue weighted by Gasteiger charge is 2.34. The van der Waals surface area contributed by atoms with Gasteiger partial charge in [0.1, 0.15) is 5.69 Å². The van der Waals surface area contributed by atoms with E-state index in [1.165, 1.54) is 19.5 Å². The molecule has 0 saturated heterocycles. The van der Waals surface area contributed by atoms with Crippen molar-refractivity contribution in [1.29, 1.82) is 0 Å². The second-order valence-corrected chi connectivity index (χ2v) is 4.86. The molecule has 0 bridgehead atoms. The summed E-state index contributed by atoms with van der Waals surface area (Å²) in [5.41, 5.74) is -0.135. The van der Waals surface area contributed by atoms with Gasteiger partial charge in [-0.25, -0.2) is 4.68 Å². The summed E-state index contributed by atoms with van der Waals surface area (Å²) < 4.78 is 44.4. The van der Waals surface area contributed by atoms with Gasteiger partial charge in [-0.05, 0) is 18.2 Å². The van der Waals surface area contributed by atoms with Gasteiger partial charge in [-0.2, -0.15) is 18.3 Å². The quantitative estimate of drug-likeness (QED) is 0.711. The van der Waals surface area contributed by atoms with Gasteiger partial charge < -0.3 is 4.74 Å². The Morgan fingerprint density at radius 1 is 1.23 bits per heavy atom. The lowest BCUT2D eigenvalue weighted by Crippen LogP contribution is -2.08. The number of alkyl halides is 3. The first-order valence-corrected chi connectivity index (χ1v) is 6.54. The van der Waals surface area contributed by atoms with Gasteiger partial charge in [0.25, 0.3) is 0 Å². The molecule has 1 aromatic carbocycles. The van der Waals surface area contributed by atoms with E-state index in [2.05, 4.69) is 10.1 Å². The monoisotopic (exact) mass is 327 g/mol. The Balaban J connectivity index is 2.23. The lowest BCUT2D eigenvalue weighted by Gasteiger charge is -2.12. The molecule has 0 radical (unpaired) electrons. The van der Waals surface area contributed by atoms with E-state index < -0.39 is 11.9 Å². The minimum absolute atomic E-state index is 0.276. The number of aromatic nitrogens is 3. The Kier molecular flexibility index (Phi) is 3.44. The fourth-order valence-corrected chi connectivity index (χ4v) is 2.40. The zero-order valence-corrected chi connectivity index (χ0v) is 12.0. The smallest absolute Gasteiger partial charge is 0.435 e. The summed E-state index contributed by atoms with van der Waals surface area (Å²) in [5, 5.41) is 4.44. The number of methoxy groups -OCH3 is 1. The highest BCUT2D eigenvalue weighted by atomic mass is 35.5. The first-order valence-electron chi connectivity index (χ1n) is 6.16. The van der Waals surface area contributed by atoms with Crippen LogP contribution < -0.4 is 4.74 Å². The van der Waals surface area contributed by atoms with Crippen molar-refractivity contribution in [2.45, 2.75) is 6.18 Å². The zero-order valence-electron chi connectivity index (χ0n) is 11.2. The molecule has 4 nitrogen and oxygen atoms in total. The zero-order chi connectivity index (χ0) is 15.9. The number of halogens is 4. The second-order valence-electron chi connectivity index (χ2n) is 4.45. The van der Waals surface area contributed by atoms with Crippen LogP contribution in [0.1, 0.15) is 5.69 Å². The van der Waals surface area contributed by atoms with Crippen LogP contribution in [0.2, 0.25) is 5.02 Å². The number of pyridine rings is 1. The van der Waals surface area contributed by atoms with E-state index in [0.717, 1.165) is 10.7 Å². The maximum absolute atomic E-state index is 12.7. The van der Waals surface area contributed by atoms with E-state index in [0.29, 0.717) is 21.7 Å². The van der Waals surface area contributed by atoms with Gasteiger partial charge in [0, 0.05) is 6.20 Å². The van der Waals surface area contributed by atoms with Crippen molar-refractivity contribution < 1.29 is 17.9 Å². The predicted molar refractivity (Wildman–Crippen MR) is 75.4 cm³/mol. The number of rotatable bonds is 2. The van der Waals surface area contributed by atoms with E-state index >= 15 is 0 Å². The molecule has 114 valence electrons. The van der Waals surface area contributed by atoms with Crippen LogP contribution in [0.3, 0.4) is 0 Å². The Morgan fingerprint density at radius 2 is 2.00 bits per heavy atom. The number of benzene rings is 1. The third-order valence-corrected chi connectivity index (χ3v) is 3.42. The van der Waals surface area contributed by atoms with E-state index in [-0.39, 0.29) is 5.69 Å². The van der Waals surface area contributed by atoms with E-state index in [1.54, 1.807) is 18.2 Å². The molecule has 2 heterocycles. The van der Waals surface area contributed by atoms with Crippen molar-refractivity contribution in [3.05, 3.63) is 47.4 Å². The van der Waals surface area contributed by atoms with Gasteiger partial charge in [0.2, 0.25) is 0 Å². The van der Waals surface area contributed by atoms with Crippen molar-refractivity contribution in [2.75, 3.05) is 7.11 Å². The van der Waals surface area contributed by atoms with Crippen molar-refractivity contribution in [2.24, 2.45) is 0 Å². The first-order chi connectivity index (χ1) is 10.4. The van der Waals surface area contributed by atoms with Crippen molar-refractivity contribution >= 4 is 22.5 Å². The molecule has 22 heavy (non-hydrogen) atoms. The number of nitrogens with zero attached hydrogens (tertiary/aromatic N) is 3. The maximum Gasteiger partial charge on any atom is 0.435 e. The molecule has 0 aliphatic rings. The van der Waals surface area contributed by atoms with Crippen LogP contribution in [0.5, 0.6) is 5.75 Å². The molecule has 0 saturated carbocycles. The Morgan fingerprint density at radius 3 is 2.64 bits per heavy atom. The maximum atomic E-state index is 12.7. The van der Waals surface area contributed by atoms with Crippen molar-refractivity contribution in [3.8, 4) is 11.4 Å². The molecule has 0 aliphatic heterocycles. The summed E-state index contributed by atoms with van der Waals surface area (Å²) in [7, 11) is 1.41. The van der Waals surface area contributed by atoms with Crippen molar-refractivity contribution in [1.82, 2.24) is 14.8 Å². The topological polar surface area (TPSA) is 39.9 Å². The van der Waals surface area contributed by atoms with Gasteiger partial charge >= 0.3 is 6.18 Å². The van der Waals surface area contributed by atoms with Gasteiger partial charge in [-0.15, -0.1) is 0 Å². The second kappa shape index (κ2) is 5.17. The lowest BCUT2D eigenvalue weighted by atomic mass is 10.2. The lowest BCUT2D eigenvalue weighted by molar-refractivity contribution is -0.141. The minimum atomic E-state index is -4.51. The summed E-state index contributed by atoms with van der Waals surface area (Å²) in [4.78, 5) is 4.19. The predicted octanol–water partition coefficient (Wildman–Crippen LogP) is 4.10. The summed E-state index contributed by atoms with van der Waals surface area (Å²) in [6.45, 7) is 0. The van der Waals surface area contributed by atoms with E-state index in [1.807, 2.05) is 0 Å². The van der Waals surface area contributed by atoms with Crippen LogP contribution in [0.25, 0.3) is 16.6 Å². The van der Waals surface area contributed by atoms with Gasteiger partial charge in [0.15, 0.2) is 11.4 Å². The third-order valence-electron chi connectivity index (χ3n) is 3.11. The number of ether oxygens (including phenoxy) is 1. The standard InChI is InChI=1S/C14H9ClF3N3O/c1-22-13-10(21-6-5-11(20-21)14(16,17)18)7-19-9-4-2-3-8(15)12(9)13/h2-7H,1H3. The van der Waals surface area contributed by atoms with Gasteiger partial charge in [0.05, 0.1) is 29.2 Å². The minimum Gasteiger partial charge on any atom is -0.494 e. The molecule has 2 aromatic heterocycles. The van der Waals surface area contributed by atoms with Crippen LogP contribution >= 0.6 is 11.6 Å². The molecule has 0 unspecified atom stereocenters. The molecule has 0 spiro atoms. The molecular weight excluding hydrogens is 319 g/mol. The number of hydrogen-bond donors (Lipinski definition) is 0. The largest absolute Gasteiger partial charge is 0.494 e. The van der Waals surface area contributed by atoms with Crippen LogP contribution in [0.15, 0.2) is 36.7 Å². The highest BCUT2D eigenvalue weighted by molar-refractivity contribution is 6.36. The molecule has 0 atom stereocenters. The SMILES string of the molecule is COc1c(-n2ccc(C(F)(F)F)n2)cnc2cccc(Cl)c12. The molecular formula is C14H9ClF3N3O. The number of hydrogen-bond acceptors (Lipinski definition) is 3. The summed E-state index contributed by atoms with van der Waals surface area (Å²) in [6, 6.07) is 6.00. The number of fused-ring (bicyclic) bond motifs is 1. The van der Waals surface area contributed by atoms with Gasteiger partial charge in [-0.1, -0.05) is 17.7 Å². The van der Waals surface area contributed by atoms with Crippen molar-refractivity contribution in [3.63, 3.8) is 0 Å².